The van der Waals surface area contributed by atoms with Crippen LogP contribution < -0.4 is 10.1 Å². The fourth-order valence-corrected chi connectivity index (χ4v) is 1.45. The number of benzene rings is 1. The number of hydrogen-bond donors (Lipinski definition) is 1. The molecule has 0 aliphatic carbocycles. The minimum atomic E-state index is -0.918. The summed E-state index contributed by atoms with van der Waals surface area (Å²) in [5, 5.41) is 3.18. The van der Waals surface area contributed by atoms with Crippen LogP contribution in [-0.4, -0.2) is 19.7 Å². The van der Waals surface area contributed by atoms with E-state index in [1.165, 1.54) is 25.0 Å². The van der Waals surface area contributed by atoms with E-state index in [0.717, 1.165) is 19.0 Å². The average molecular weight is 243 g/mol. The topological polar surface area (TPSA) is 21.3 Å². The first kappa shape index (κ1) is 13.9. The normalized spacial score (nSPS) is 10.5. The maximum atomic E-state index is 13.2. The lowest BCUT2D eigenvalue weighted by atomic mass is 10.2. The van der Waals surface area contributed by atoms with Crippen LogP contribution in [0.1, 0.15) is 26.2 Å². The highest BCUT2D eigenvalue weighted by molar-refractivity contribution is 5.24. The van der Waals surface area contributed by atoms with E-state index in [9.17, 15) is 8.78 Å². The monoisotopic (exact) mass is 243 g/mol. The van der Waals surface area contributed by atoms with Gasteiger partial charge in [0.15, 0.2) is 11.6 Å². The summed E-state index contributed by atoms with van der Waals surface area (Å²) in [6.07, 6.45) is 3.52. The molecule has 0 aliphatic heterocycles. The lowest BCUT2D eigenvalue weighted by molar-refractivity contribution is 0.293. The van der Waals surface area contributed by atoms with Crippen LogP contribution in [-0.2, 0) is 0 Å². The van der Waals surface area contributed by atoms with Gasteiger partial charge in [-0.25, -0.2) is 4.39 Å². The Balaban J connectivity index is 2.16. The number of ether oxygens (including phenoxy) is 1. The Morgan fingerprint density at radius 2 is 2.00 bits per heavy atom. The molecule has 1 rings (SSSR count). The molecule has 0 bridgehead atoms. The first-order chi connectivity index (χ1) is 8.25. The van der Waals surface area contributed by atoms with Crippen molar-refractivity contribution in [2.24, 2.45) is 0 Å². The van der Waals surface area contributed by atoms with Crippen LogP contribution in [0.15, 0.2) is 18.2 Å². The third-order valence-electron chi connectivity index (χ3n) is 2.41. The Morgan fingerprint density at radius 3 is 2.76 bits per heavy atom. The molecular weight excluding hydrogens is 224 g/mol. The molecule has 0 amide bonds. The molecule has 0 fully saturated rings. The average Bonchev–Trinajstić information content (AvgIpc) is 2.33. The highest BCUT2D eigenvalue weighted by atomic mass is 19.2. The summed E-state index contributed by atoms with van der Waals surface area (Å²) in [7, 11) is 0. The van der Waals surface area contributed by atoms with Gasteiger partial charge < -0.3 is 10.1 Å². The van der Waals surface area contributed by atoms with Crippen molar-refractivity contribution in [1.29, 1.82) is 0 Å². The SMILES string of the molecule is CCCCCNCCOc1cccc(F)c1F. The van der Waals surface area contributed by atoms with Crippen LogP contribution in [0.4, 0.5) is 8.78 Å². The predicted molar refractivity (Wildman–Crippen MR) is 64.2 cm³/mol. The smallest absolute Gasteiger partial charge is 0.200 e. The second-order valence-corrected chi connectivity index (χ2v) is 3.86. The van der Waals surface area contributed by atoms with Gasteiger partial charge in [-0.1, -0.05) is 25.8 Å². The van der Waals surface area contributed by atoms with Gasteiger partial charge in [-0.05, 0) is 25.1 Å². The molecule has 1 aromatic carbocycles. The van der Waals surface area contributed by atoms with Crippen molar-refractivity contribution in [2.45, 2.75) is 26.2 Å². The maximum Gasteiger partial charge on any atom is 0.200 e. The lowest BCUT2D eigenvalue weighted by Gasteiger charge is -2.08. The fourth-order valence-electron chi connectivity index (χ4n) is 1.45. The molecule has 0 spiro atoms. The lowest BCUT2D eigenvalue weighted by Crippen LogP contribution is -2.22. The first-order valence-electron chi connectivity index (χ1n) is 6.03. The van der Waals surface area contributed by atoms with Crippen molar-refractivity contribution in [1.82, 2.24) is 5.32 Å². The van der Waals surface area contributed by atoms with Gasteiger partial charge in [0.2, 0.25) is 5.82 Å². The Bertz CT molecular complexity index is 331. The summed E-state index contributed by atoms with van der Waals surface area (Å²) < 4.78 is 31.1. The van der Waals surface area contributed by atoms with Gasteiger partial charge in [-0.3, -0.25) is 0 Å². The van der Waals surface area contributed by atoms with Gasteiger partial charge in [-0.2, -0.15) is 4.39 Å². The Morgan fingerprint density at radius 1 is 1.18 bits per heavy atom. The summed E-state index contributed by atoms with van der Waals surface area (Å²) in [5.41, 5.74) is 0. The summed E-state index contributed by atoms with van der Waals surface area (Å²) in [6, 6.07) is 3.93. The molecule has 96 valence electrons. The quantitative estimate of drug-likeness (QED) is 0.708. The number of nitrogens with one attached hydrogen (secondary N) is 1. The van der Waals surface area contributed by atoms with Gasteiger partial charge in [0.25, 0.3) is 0 Å². The molecule has 1 N–H and O–H groups in total. The summed E-state index contributed by atoms with van der Waals surface area (Å²) in [5.74, 6) is -1.82. The standard InChI is InChI=1S/C13H19F2NO/c1-2-3-4-8-16-9-10-17-12-7-5-6-11(14)13(12)15/h5-7,16H,2-4,8-10H2,1H3. The van der Waals surface area contributed by atoms with E-state index in [2.05, 4.69) is 12.2 Å². The van der Waals surface area contributed by atoms with Crippen molar-refractivity contribution in [3.8, 4) is 5.75 Å². The molecule has 0 atom stereocenters. The number of rotatable bonds is 8. The molecule has 1 aromatic rings. The number of hydrogen-bond acceptors (Lipinski definition) is 2. The predicted octanol–water partition coefficient (Wildman–Crippen LogP) is 3.12. The molecule has 0 unspecified atom stereocenters. The van der Waals surface area contributed by atoms with Crippen LogP contribution in [0, 0.1) is 11.6 Å². The molecule has 4 heteroatoms. The largest absolute Gasteiger partial charge is 0.489 e. The minimum absolute atomic E-state index is 0.0274. The van der Waals surface area contributed by atoms with E-state index in [1.54, 1.807) is 0 Å². The van der Waals surface area contributed by atoms with Gasteiger partial charge >= 0.3 is 0 Å². The first-order valence-corrected chi connectivity index (χ1v) is 6.03. The third kappa shape index (κ3) is 5.13. The summed E-state index contributed by atoms with van der Waals surface area (Å²) in [4.78, 5) is 0. The van der Waals surface area contributed by atoms with Crippen LogP contribution in [0.5, 0.6) is 5.75 Å². The maximum absolute atomic E-state index is 13.2. The van der Waals surface area contributed by atoms with Crippen molar-refractivity contribution < 1.29 is 13.5 Å². The van der Waals surface area contributed by atoms with Crippen LogP contribution in [0.3, 0.4) is 0 Å². The summed E-state index contributed by atoms with van der Waals surface area (Å²) in [6.45, 7) is 4.06. The van der Waals surface area contributed by atoms with Gasteiger partial charge in [-0.15, -0.1) is 0 Å². The molecule has 0 radical (unpaired) electrons. The molecular formula is C13H19F2NO. The second kappa shape index (κ2) is 8.01. The van der Waals surface area contributed by atoms with Crippen LogP contribution >= 0.6 is 0 Å². The van der Waals surface area contributed by atoms with Crippen molar-refractivity contribution in [3.05, 3.63) is 29.8 Å². The zero-order valence-electron chi connectivity index (χ0n) is 10.1. The zero-order chi connectivity index (χ0) is 12.5. The van der Waals surface area contributed by atoms with E-state index in [-0.39, 0.29) is 5.75 Å². The number of halogens is 2. The van der Waals surface area contributed by atoms with E-state index in [4.69, 9.17) is 4.74 Å². The third-order valence-corrected chi connectivity index (χ3v) is 2.41. The molecule has 0 aromatic heterocycles. The molecule has 0 saturated carbocycles. The zero-order valence-corrected chi connectivity index (χ0v) is 10.1. The van der Waals surface area contributed by atoms with Gasteiger partial charge in [0.05, 0.1) is 0 Å². The summed E-state index contributed by atoms with van der Waals surface area (Å²) >= 11 is 0. The molecule has 2 nitrogen and oxygen atoms in total. The van der Waals surface area contributed by atoms with E-state index < -0.39 is 11.6 Å². The molecule has 0 aliphatic rings. The Kier molecular flexibility index (Phi) is 6.55. The van der Waals surface area contributed by atoms with Crippen molar-refractivity contribution in [3.63, 3.8) is 0 Å². The molecule has 17 heavy (non-hydrogen) atoms. The van der Waals surface area contributed by atoms with Crippen LogP contribution in [0.25, 0.3) is 0 Å². The second-order valence-electron chi connectivity index (χ2n) is 3.86. The van der Waals surface area contributed by atoms with Crippen molar-refractivity contribution >= 4 is 0 Å². The Hall–Kier alpha value is -1.16. The molecule has 0 saturated heterocycles. The number of unbranched alkanes of at least 4 members (excludes halogenated alkanes) is 2. The molecule has 0 heterocycles. The minimum Gasteiger partial charge on any atom is -0.489 e. The fraction of sp³-hybridized carbons (Fsp3) is 0.538. The van der Waals surface area contributed by atoms with Crippen LogP contribution in [0.2, 0.25) is 0 Å². The Labute approximate surface area is 101 Å². The van der Waals surface area contributed by atoms with Gasteiger partial charge in [0, 0.05) is 6.54 Å². The van der Waals surface area contributed by atoms with E-state index >= 15 is 0 Å². The van der Waals surface area contributed by atoms with Gasteiger partial charge in [0.1, 0.15) is 6.61 Å². The van der Waals surface area contributed by atoms with Crippen molar-refractivity contribution in [2.75, 3.05) is 19.7 Å². The van der Waals surface area contributed by atoms with E-state index in [0.29, 0.717) is 13.2 Å². The van der Waals surface area contributed by atoms with E-state index in [1.807, 2.05) is 0 Å². The highest BCUT2D eigenvalue weighted by Gasteiger charge is 2.07. The highest BCUT2D eigenvalue weighted by Crippen LogP contribution is 2.18.